The van der Waals surface area contributed by atoms with E-state index in [2.05, 4.69) is 43.9 Å². The molecule has 2 heterocycles. The van der Waals surface area contributed by atoms with Gasteiger partial charge in [0.1, 0.15) is 17.2 Å². The fourth-order valence-corrected chi connectivity index (χ4v) is 3.52. The van der Waals surface area contributed by atoms with Crippen LogP contribution in [0.4, 0.5) is 10.1 Å². The number of hydrogen-bond donors (Lipinski definition) is 0. The summed E-state index contributed by atoms with van der Waals surface area (Å²) in [5.41, 5.74) is -0.637. The molecule has 0 fully saturated rings. The van der Waals surface area contributed by atoms with Crippen molar-refractivity contribution in [2.24, 2.45) is 0 Å². The zero-order valence-electron chi connectivity index (χ0n) is 21.0. The third-order valence-corrected chi connectivity index (χ3v) is 9.69. The molecule has 0 amide bonds. The van der Waals surface area contributed by atoms with Crippen molar-refractivity contribution >= 4 is 14.0 Å². The highest BCUT2D eigenvalue weighted by Gasteiger charge is 2.37. The molecule has 0 aliphatic carbocycles. The van der Waals surface area contributed by atoms with Crippen LogP contribution in [-0.4, -0.2) is 48.3 Å². The lowest BCUT2D eigenvalue weighted by Gasteiger charge is -2.36. The number of ether oxygens (including phenoxy) is 2. The Morgan fingerprint density at radius 3 is 2.63 bits per heavy atom. The maximum atomic E-state index is 13.9. The van der Waals surface area contributed by atoms with E-state index in [1.807, 2.05) is 0 Å². The molecule has 11 heteroatoms. The average molecular weight is 444 g/mol. The van der Waals surface area contributed by atoms with Crippen molar-refractivity contribution in [2.45, 2.75) is 52.2 Å². The van der Waals surface area contributed by atoms with E-state index in [-0.39, 0.29) is 28.9 Å². The highest BCUT2D eigenvalue weighted by molar-refractivity contribution is 6.74. The molecule has 0 unspecified atom stereocenters. The van der Waals surface area contributed by atoms with Crippen LogP contribution in [0, 0.1) is 22.9 Å². The number of methoxy groups -OCH3 is 1. The predicted molar refractivity (Wildman–Crippen MR) is 113 cm³/mol. The van der Waals surface area contributed by atoms with Gasteiger partial charge in [-0.3, -0.25) is 10.1 Å². The topological polar surface area (TPSA) is 102 Å². The van der Waals surface area contributed by atoms with Crippen LogP contribution in [0.2, 0.25) is 18.1 Å². The summed E-state index contributed by atoms with van der Waals surface area (Å²) in [7, 11) is -4.79. The van der Waals surface area contributed by atoms with Crippen molar-refractivity contribution in [1.82, 2.24) is 14.8 Å². The van der Waals surface area contributed by atoms with Crippen LogP contribution in [0.15, 0.2) is 12.3 Å². The molecule has 2 aromatic rings. The molecule has 30 heavy (non-hydrogen) atoms. The molecule has 0 radical (unpaired) electrons. The molecule has 2 rings (SSSR count). The SMILES string of the molecule is [2H]C([2H])([2H])Oc1ncc(F)cc1-n1nc(OCCCO[Si](C)(C)C(C)(C)C)c([N+](=O)[O-])c1C. The molecule has 0 saturated carbocycles. The summed E-state index contributed by atoms with van der Waals surface area (Å²) in [6.45, 7) is 12.5. The number of hydrogen-bond acceptors (Lipinski definition) is 7. The van der Waals surface area contributed by atoms with Gasteiger partial charge in [0.15, 0.2) is 8.32 Å². The van der Waals surface area contributed by atoms with Gasteiger partial charge in [-0.25, -0.2) is 14.1 Å². The molecule has 2 aromatic heterocycles. The van der Waals surface area contributed by atoms with E-state index in [1.165, 1.54) is 6.92 Å². The molecule has 0 atom stereocenters. The first-order valence-corrected chi connectivity index (χ1v) is 12.3. The van der Waals surface area contributed by atoms with E-state index in [0.717, 1.165) is 16.9 Å². The number of nitrogens with zero attached hydrogens (tertiary/aromatic N) is 4. The maximum Gasteiger partial charge on any atom is 0.353 e. The van der Waals surface area contributed by atoms with Crippen LogP contribution in [0.5, 0.6) is 11.8 Å². The highest BCUT2D eigenvalue weighted by Crippen LogP contribution is 2.37. The van der Waals surface area contributed by atoms with Crippen LogP contribution in [0.3, 0.4) is 0 Å². The molecular weight excluding hydrogens is 411 g/mol. The summed E-state index contributed by atoms with van der Waals surface area (Å²) < 4.78 is 53.1. The minimum atomic E-state index is -2.87. The van der Waals surface area contributed by atoms with Gasteiger partial charge in [0.25, 0.3) is 0 Å². The molecule has 0 saturated heterocycles. The zero-order chi connectivity index (χ0) is 25.2. The van der Waals surface area contributed by atoms with E-state index in [9.17, 15) is 14.5 Å². The highest BCUT2D eigenvalue weighted by atomic mass is 28.4. The zero-order valence-corrected chi connectivity index (χ0v) is 19.0. The minimum Gasteiger partial charge on any atom is -0.479 e. The van der Waals surface area contributed by atoms with Crippen LogP contribution in [0.25, 0.3) is 5.69 Å². The molecule has 0 N–H and O–H groups in total. The van der Waals surface area contributed by atoms with Gasteiger partial charge in [-0.1, -0.05) is 20.8 Å². The van der Waals surface area contributed by atoms with Crippen molar-refractivity contribution in [1.29, 1.82) is 0 Å². The van der Waals surface area contributed by atoms with E-state index in [0.29, 0.717) is 13.0 Å². The Morgan fingerprint density at radius 1 is 1.33 bits per heavy atom. The summed E-state index contributed by atoms with van der Waals surface area (Å²) >= 11 is 0. The summed E-state index contributed by atoms with van der Waals surface area (Å²) in [6.07, 6.45) is 1.25. The first-order valence-electron chi connectivity index (χ1n) is 10.9. The average Bonchev–Trinajstić information content (AvgIpc) is 2.97. The van der Waals surface area contributed by atoms with E-state index in [4.69, 9.17) is 18.0 Å². The lowest BCUT2D eigenvalue weighted by Crippen LogP contribution is -2.41. The monoisotopic (exact) mass is 443 g/mol. The minimum absolute atomic E-state index is 0.00434. The summed E-state index contributed by atoms with van der Waals surface area (Å²) in [4.78, 5) is 14.6. The van der Waals surface area contributed by atoms with Crippen molar-refractivity contribution in [3.63, 3.8) is 0 Å². The van der Waals surface area contributed by atoms with Gasteiger partial charge in [0.2, 0.25) is 5.88 Å². The molecular formula is C19H29FN4O5Si. The molecule has 166 valence electrons. The van der Waals surface area contributed by atoms with E-state index < -0.39 is 37.7 Å². The third-order valence-electron chi connectivity index (χ3n) is 5.16. The molecule has 0 spiro atoms. The normalized spacial score (nSPS) is 14.0. The van der Waals surface area contributed by atoms with Crippen LogP contribution < -0.4 is 9.47 Å². The largest absolute Gasteiger partial charge is 0.479 e. The summed E-state index contributed by atoms with van der Waals surface area (Å²) in [6, 6.07) is 0.925. The Kier molecular flexibility index (Phi) is 5.88. The van der Waals surface area contributed by atoms with Crippen molar-refractivity contribution in [3.8, 4) is 17.4 Å². The van der Waals surface area contributed by atoms with Crippen LogP contribution >= 0.6 is 0 Å². The lowest BCUT2D eigenvalue weighted by atomic mass is 10.2. The fraction of sp³-hybridized carbons (Fsp3) is 0.579. The van der Waals surface area contributed by atoms with Gasteiger partial charge < -0.3 is 13.9 Å². The predicted octanol–water partition coefficient (Wildman–Crippen LogP) is 4.42. The van der Waals surface area contributed by atoms with E-state index in [1.54, 1.807) is 0 Å². The van der Waals surface area contributed by atoms with Crippen molar-refractivity contribution in [3.05, 3.63) is 33.9 Å². The van der Waals surface area contributed by atoms with Gasteiger partial charge in [-0.2, -0.15) is 0 Å². The Labute approximate surface area is 180 Å². The molecule has 9 nitrogen and oxygen atoms in total. The molecule has 0 aromatic carbocycles. The smallest absolute Gasteiger partial charge is 0.353 e. The Hall–Kier alpha value is -2.53. The summed E-state index contributed by atoms with van der Waals surface area (Å²) in [5.74, 6) is -1.54. The van der Waals surface area contributed by atoms with Crippen LogP contribution in [0.1, 0.15) is 37.0 Å². The Bertz CT molecular complexity index is 1010. The number of nitro groups is 1. The second-order valence-corrected chi connectivity index (χ2v) is 13.1. The fourth-order valence-electron chi connectivity index (χ4n) is 2.43. The number of halogens is 1. The van der Waals surface area contributed by atoms with Gasteiger partial charge in [-0.15, -0.1) is 5.10 Å². The molecule has 0 aliphatic rings. The number of pyridine rings is 1. The molecule has 0 bridgehead atoms. The van der Waals surface area contributed by atoms with Gasteiger partial charge in [0.05, 0.1) is 28.9 Å². The Morgan fingerprint density at radius 2 is 2.03 bits per heavy atom. The van der Waals surface area contributed by atoms with Gasteiger partial charge in [-0.05, 0) is 25.1 Å². The lowest BCUT2D eigenvalue weighted by molar-refractivity contribution is -0.386. The third kappa shape index (κ3) is 5.14. The van der Waals surface area contributed by atoms with Gasteiger partial charge >= 0.3 is 11.6 Å². The quantitative estimate of drug-likeness (QED) is 0.245. The summed E-state index contributed by atoms with van der Waals surface area (Å²) in [5, 5.41) is 15.8. The Balaban J connectivity index is 2.26. The van der Waals surface area contributed by atoms with Crippen molar-refractivity contribution in [2.75, 3.05) is 20.3 Å². The van der Waals surface area contributed by atoms with Crippen molar-refractivity contribution < 1.29 is 27.3 Å². The standard InChI is InChI=1S/C19H29FN4O5Si/c1-13-16(24(25)26)18(28-9-8-10-29-30(6,7)19(2,3)4)22-23(13)15-11-14(20)12-21-17(15)27-5/h11-12H,8-10H2,1-7H3/i5D3. The van der Waals surface area contributed by atoms with Crippen LogP contribution in [-0.2, 0) is 4.43 Å². The molecule has 0 aliphatic heterocycles. The first-order chi connectivity index (χ1) is 15.0. The van der Waals surface area contributed by atoms with Gasteiger partial charge in [0, 0.05) is 19.1 Å². The van der Waals surface area contributed by atoms with E-state index >= 15 is 0 Å². The number of aromatic nitrogens is 3. The second kappa shape index (κ2) is 9.09. The first kappa shape index (κ1) is 19.4. The maximum absolute atomic E-state index is 13.9. The number of rotatable bonds is 9. The second-order valence-electron chi connectivity index (χ2n) is 8.30.